The van der Waals surface area contributed by atoms with E-state index in [0.717, 1.165) is 0 Å². The number of nitro groups is 1. The predicted molar refractivity (Wildman–Crippen MR) is 113 cm³/mol. The van der Waals surface area contributed by atoms with E-state index in [1.807, 2.05) is 0 Å². The van der Waals surface area contributed by atoms with E-state index in [4.69, 9.17) is 25.8 Å². The van der Waals surface area contributed by atoms with Gasteiger partial charge in [0.1, 0.15) is 6.61 Å². The molecule has 168 valence electrons. The minimum absolute atomic E-state index is 0.00399. The Balaban J connectivity index is 2.68. The topological polar surface area (TPSA) is 117 Å². The van der Waals surface area contributed by atoms with Crippen LogP contribution in [0.15, 0.2) is 40.7 Å². The monoisotopic (exact) mass is 452 g/mol. The van der Waals surface area contributed by atoms with Gasteiger partial charge in [0.2, 0.25) is 0 Å². The third-order valence-corrected chi connectivity index (χ3v) is 4.91. The third-order valence-electron chi connectivity index (χ3n) is 4.56. The smallest absolute Gasteiger partial charge is 0.337 e. The van der Waals surface area contributed by atoms with Crippen molar-refractivity contribution in [2.45, 2.75) is 39.7 Å². The number of non-ortho nitro benzene ring substituents is 1. The first-order chi connectivity index (χ1) is 14.6. The van der Waals surface area contributed by atoms with Crippen molar-refractivity contribution in [3.63, 3.8) is 0 Å². The second kappa shape index (κ2) is 10.4. The van der Waals surface area contributed by atoms with E-state index in [0.29, 0.717) is 11.4 Å². The van der Waals surface area contributed by atoms with Gasteiger partial charge >= 0.3 is 11.9 Å². The van der Waals surface area contributed by atoms with Gasteiger partial charge in [-0.25, -0.2) is 9.59 Å². The summed E-state index contributed by atoms with van der Waals surface area (Å²) in [6, 6.07) is 3.87. The highest BCUT2D eigenvalue weighted by Crippen LogP contribution is 2.43. The number of ether oxygens (including phenoxy) is 3. The minimum atomic E-state index is -1.02. The number of carbonyl (C=O) groups is 2. The van der Waals surface area contributed by atoms with Gasteiger partial charge in [-0.15, -0.1) is 0 Å². The number of hydrogen-bond donors (Lipinski definition) is 1. The number of hydrogen-bond acceptors (Lipinski definition) is 8. The summed E-state index contributed by atoms with van der Waals surface area (Å²) in [4.78, 5) is 36.7. The number of nitrogens with one attached hydrogen (secondary N) is 1. The Morgan fingerprint density at radius 3 is 2.32 bits per heavy atom. The predicted octanol–water partition coefficient (Wildman–Crippen LogP) is 3.62. The van der Waals surface area contributed by atoms with Gasteiger partial charge in [-0.3, -0.25) is 10.1 Å². The van der Waals surface area contributed by atoms with Crippen molar-refractivity contribution < 1.29 is 28.7 Å². The quantitative estimate of drug-likeness (QED) is 0.275. The largest absolute Gasteiger partial charge is 0.460 e. The standard InChI is InChI=1S/C21H25ClN2O7/c1-11(2)31-21(26)18-13(4)23-12(3)17(20(25)30-9-8-29-5)19(18)15-10-14(24(27)28)6-7-16(15)22/h6-7,10-11,19,23H,8-9H2,1-5H3. The van der Waals surface area contributed by atoms with Crippen LogP contribution in [0.4, 0.5) is 5.69 Å². The Morgan fingerprint density at radius 2 is 1.77 bits per heavy atom. The van der Waals surface area contributed by atoms with Gasteiger partial charge in [-0.2, -0.15) is 0 Å². The molecule has 0 bridgehead atoms. The third kappa shape index (κ3) is 5.62. The summed E-state index contributed by atoms with van der Waals surface area (Å²) in [6.45, 7) is 6.88. The van der Waals surface area contributed by atoms with Crippen LogP contribution in [0, 0.1) is 10.1 Å². The van der Waals surface area contributed by atoms with Crippen molar-refractivity contribution in [3.8, 4) is 0 Å². The fourth-order valence-corrected chi connectivity index (χ4v) is 3.51. The first-order valence-corrected chi connectivity index (χ1v) is 9.95. The second-order valence-electron chi connectivity index (χ2n) is 7.18. The minimum Gasteiger partial charge on any atom is -0.460 e. The summed E-state index contributed by atoms with van der Waals surface area (Å²) < 4.78 is 15.6. The van der Waals surface area contributed by atoms with Crippen molar-refractivity contribution in [2.24, 2.45) is 0 Å². The second-order valence-corrected chi connectivity index (χ2v) is 7.59. The van der Waals surface area contributed by atoms with Crippen molar-refractivity contribution >= 4 is 29.2 Å². The fourth-order valence-electron chi connectivity index (χ4n) is 3.29. The molecule has 1 aromatic carbocycles. The van der Waals surface area contributed by atoms with Crippen LogP contribution in [0.3, 0.4) is 0 Å². The molecule has 0 fully saturated rings. The number of nitrogens with zero attached hydrogens (tertiary/aromatic N) is 1. The summed E-state index contributed by atoms with van der Waals surface area (Å²) in [5.41, 5.74) is 1.13. The number of halogens is 1. The normalized spacial score (nSPS) is 16.3. The Hall–Kier alpha value is -2.91. The van der Waals surface area contributed by atoms with Crippen LogP contribution in [-0.4, -0.2) is 43.3 Å². The molecule has 10 heteroatoms. The lowest BCUT2D eigenvalue weighted by Crippen LogP contribution is -2.33. The molecule has 0 spiro atoms. The van der Waals surface area contributed by atoms with Crippen LogP contribution >= 0.6 is 11.6 Å². The lowest BCUT2D eigenvalue weighted by Gasteiger charge is -2.31. The maximum atomic E-state index is 13.0. The average Bonchev–Trinajstić information content (AvgIpc) is 2.66. The van der Waals surface area contributed by atoms with Crippen molar-refractivity contribution in [2.75, 3.05) is 20.3 Å². The molecule has 2 rings (SSSR count). The zero-order valence-corrected chi connectivity index (χ0v) is 18.7. The number of allylic oxidation sites excluding steroid dienone is 2. The van der Waals surface area contributed by atoms with Crippen LogP contribution in [0.1, 0.15) is 39.2 Å². The lowest BCUT2D eigenvalue weighted by molar-refractivity contribution is -0.384. The highest BCUT2D eigenvalue weighted by molar-refractivity contribution is 6.31. The van der Waals surface area contributed by atoms with Crippen molar-refractivity contribution in [3.05, 3.63) is 61.4 Å². The SMILES string of the molecule is COCCOC(=O)C1=C(C)NC(C)=C(C(=O)OC(C)C)C1c1cc([N+](=O)[O-])ccc1Cl. The van der Waals surface area contributed by atoms with Gasteiger partial charge < -0.3 is 19.5 Å². The maximum absolute atomic E-state index is 13.0. The molecular formula is C21H25ClN2O7. The number of nitro benzene ring substituents is 1. The molecule has 0 aromatic heterocycles. The Labute approximate surface area is 185 Å². The van der Waals surface area contributed by atoms with Crippen molar-refractivity contribution in [1.82, 2.24) is 5.32 Å². The van der Waals surface area contributed by atoms with Crippen LogP contribution < -0.4 is 5.32 Å². The number of benzene rings is 1. The molecule has 0 aliphatic carbocycles. The van der Waals surface area contributed by atoms with Crippen LogP contribution in [0.5, 0.6) is 0 Å². The average molecular weight is 453 g/mol. The van der Waals surface area contributed by atoms with Gasteiger partial charge in [0.05, 0.1) is 34.7 Å². The van der Waals surface area contributed by atoms with E-state index in [9.17, 15) is 19.7 Å². The molecule has 1 aliphatic rings. The number of esters is 2. The molecule has 0 saturated heterocycles. The molecule has 0 saturated carbocycles. The molecule has 1 heterocycles. The van der Waals surface area contributed by atoms with Gasteiger partial charge in [0, 0.05) is 35.7 Å². The summed E-state index contributed by atoms with van der Waals surface area (Å²) in [7, 11) is 1.47. The Bertz CT molecular complexity index is 953. The zero-order valence-electron chi connectivity index (χ0n) is 18.0. The molecule has 1 atom stereocenters. The molecule has 31 heavy (non-hydrogen) atoms. The van der Waals surface area contributed by atoms with Crippen LogP contribution in [0.25, 0.3) is 0 Å². The van der Waals surface area contributed by atoms with E-state index in [1.165, 1.54) is 25.3 Å². The van der Waals surface area contributed by atoms with Gasteiger partial charge in [-0.05, 0) is 39.3 Å². The number of rotatable bonds is 8. The molecule has 1 N–H and O–H groups in total. The van der Waals surface area contributed by atoms with Crippen molar-refractivity contribution in [1.29, 1.82) is 0 Å². The lowest BCUT2D eigenvalue weighted by atomic mass is 9.80. The van der Waals surface area contributed by atoms with E-state index < -0.39 is 28.9 Å². The highest BCUT2D eigenvalue weighted by Gasteiger charge is 2.39. The summed E-state index contributed by atoms with van der Waals surface area (Å²) in [5, 5.41) is 14.5. The van der Waals surface area contributed by atoms with E-state index >= 15 is 0 Å². The molecule has 1 aromatic rings. The molecule has 0 radical (unpaired) electrons. The summed E-state index contributed by atoms with van der Waals surface area (Å²) in [5.74, 6) is -2.38. The van der Waals surface area contributed by atoms with Crippen LogP contribution in [0.2, 0.25) is 5.02 Å². The maximum Gasteiger partial charge on any atom is 0.337 e. The zero-order chi connectivity index (χ0) is 23.3. The van der Waals surface area contributed by atoms with Gasteiger partial charge in [-0.1, -0.05) is 11.6 Å². The van der Waals surface area contributed by atoms with Crippen LogP contribution in [-0.2, 0) is 23.8 Å². The Morgan fingerprint density at radius 1 is 1.16 bits per heavy atom. The highest BCUT2D eigenvalue weighted by atomic mass is 35.5. The molecule has 1 unspecified atom stereocenters. The first-order valence-electron chi connectivity index (χ1n) is 9.57. The van der Waals surface area contributed by atoms with Gasteiger partial charge in [0.25, 0.3) is 5.69 Å². The van der Waals surface area contributed by atoms with E-state index in [-0.39, 0.29) is 40.6 Å². The molecule has 9 nitrogen and oxygen atoms in total. The molecule has 0 amide bonds. The molecular weight excluding hydrogens is 428 g/mol. The fraction of sp³-hybridized carbons (Fsp3) is 0.429. The number of methoxy groups -OCH3 is 1. The van der Waals surface area contributed by atoms with Gasteiger partial charge in [0.15, 0.2) is 0 Å². The summed E-state index contributed by atoms with van der Waals surface area (Å²) >= 11 is 6.39. The van der Waals surface area contributed by atoms with E-state index in [1.54, 1.807) is 27.7 Å². The van der Waals surface area contributed by atoms with E-state index in [2.05, 4.69) is 5.32 Å². The number of carbonyl (C=O) groups excluding carboxylic acids is 2. The molecule has 1 aliphatic heterocycles. The first kappa shape index (κ1) is 24.4. The Kier molecular flexibility index (Phi) is 8.18. The number of dihydropyridines is 1. The summed E-state index contributed by atoms with van der Waals surface area (Å²) in [6.07, 6.45) is -0.418.